The summed E-state index contributed by atoms with van der Waals surface area (Å²) in [6.07, 6.45) is 5.13. The molecular weight excluding hydrogens is 469 g/mol. The van der Waals surface area contributed by atoms with Crippen LogP contribution in [0.2, 0.25) is 10.0 Å². The summed E-state index contributed by atoms with van der Waals surface area (Å²) < 4.78 is 1.75. The summed E-state index contributed by atoms with van der Waals surface area (Å²) in [6.45, 7) is 0. The van der Waals surface area contributed by atoms with Crippen LogP contribution < -0.4 is 10.6 Å². The standard InChI is InChI=1S/C26H19Cl2N5O/c27-20-13-10-18(11-14-20)22-16-23(19-7-2-1-3-8-19)33-26(29-22)31-25(32-33)30-24(34)15-12-17-6-4-5-9-21(17)28/h1-16,23H,(H2,29,30,31,32,34)/b15-12+. The van der Waals surface area contributed by atoms with Crippen molar-refractivity contribution in [2.75, 3.05) is 10.6 Å². The summed E-state index contributed by atoms with van der Waals surface area (Å²) in [6, 6.07) is 24.6. The van der Waals surface area contributed by atoms with E-state index in [4.69, 9.17) is 23.2 Å². The molecule has 0 spiro atoms. The van der Waals surface area contributed by atoms with Gasteiger partial charge in [-0.05, 0) is 47.0 Å². The van der Waals surface area contributed by atoms with E-state index in [-0.39, 0.29) is 17.9 Å². The third-order valence-electron chi connectivity index (χ3n) is 5.32. The lowest BCUT2D eigenvalue weighted by atomic mass is 10.0. The minimum Gasteiger partial charge on any atom is -0.324 e. The number of benzene rings is 3. The Morgan fingerprint density at radius 3 is 2.47 bits per heavy atom. The molecular formula is C26H19Cl2N5O. The van der Waals surface area contributed by atoms with Gasteiger partial charge in [0.15, 0.2) is 0 Å². The van der Waals surface area contributed by atoms with E-state index in [0.29, 0.717) is 16.0 Å². The Morgan fingerprint density at radius 1 is 0.971 bits per heavy atom. The predicted molar refractivity (Wildman–Crippen MR) is 137 cm³/mol. The molecule has 1 atom stereocenters. The van der Waals surface area contributed by atoms with E-state index in [1.165, 1.54) is 6.08 Å². The molecule has 1 aliphatic heterocycles. The number of amides is 1. The van der Waals surface area contributed by atoms with Gasteiger partial charge in [-0.15, -0.1) is 5.10 Å². The molecule has 1 aromatic heterocycles. The van der Waals surface area contributed by atoms with Gasteiger partial charge in [-0.1, -0.05) is 83.9 Å². The van der Waals surface area contributed by atoms with Crippen LogP contribution in [0.5, 0.6) is 0 Å². The van der Waals surface area contributed by atoms with E-state index in [1.807, 2.05) is 72.8 Å². The van der Waals surface area contributed by atoms with Crippen LogP contribution in [0.1, 0.15) is 22.7 Å². The van der Waals surface area contributed by atoms with Crippen molar-refractivity contribution >= 4 is 52.8 Å². The molecule has 8 heteroatoms. The van der Waals surface area contributed by atoms with Crippen molar-refractivity contribution in [1.29, 1.82) is 0 Å². The van der Waals surface area contributed by atoms with E-state index in [9.17, 15) is 4.79 Å². The first-order valence-electron chi connectivity index (χ1n) is 10.6. The lowest BCUT2D eigenvalue weighted by molar-refractivity contribution is -0.111. The molecule has 2 N–H and O–H groups in total. The van der Waals surface area contributed by atoms with Gasteiger partial charge < -0.3 is 5.32 Å². The van der Waals surface area contributed by atoms with E-state index >= 15 is 0 Å². The Balaban J connectivity index is 1.43. The topological polar surface area (TPSA) is 71.8 Å². The minimum absolute atomic E-state index is 0.197. The van der Waals surface area contributed by atoms with Crippen LogP contribution >= 0.6 is 23.2 Å². The zero-order valence-electron chi connectivity index (χ0n) is 17.8. The predicted octanol–water partition coefficient (Wildman–Crippen LogP) is 6.29. The summed E-state index contributed by atoms with van der Waals surface area (Å²) in [5, 5.41) is 11.8. The second kappa shape index (κ2) is 9.55. The number of allylic oxidation sites excluding steroid dienone is 1. The van der Waals surface area contributed by atoms with Crippen LogP contribution in [0.4, 0.5) is 11.9 Å². The highest BCUT2D eigenvalue weighted by molar-refractivity contribution is 6.32. The third-order valence-corrected chi connectivity index (χ3v) is 5.91. The Bertz CT molecular complexity index is 1390. The molecule has 4 aromatic rings. The lowest BCUT2D eigenvalue weighted by Crippen LogP contribution is -2.20. The van der Waals surface area contributed by atoms with Crippen LogP contribution in [-0.2, 0) is 4.79 Å². The smallest absolute Gasteiger partial charge is 0.250 e. The number of hydrogen-bond acceptors (Lipinski definition) is 4. The second-order valence-electron chi connectivity index (χ2n) is 7.62. The third kappa shape index (κ3) is 4.73. The van der Waals surface area contributed by atoms with E-state index in [1.54, 1.807) is 16.8 Å². The number of rotatable bonds is 5. The minimum atomic E-state index is -0.356. The summed E-state index contributed by atoms with van der Waals surface area (Å²) >= 11 is 12.2. The normalized spacial score (nSPS) is 14.9. The molecule has 0 saturated heterocycles. The van der Waals surface area contributed by atoms with Gasteiger partial charge in [0.25, 0.3) is 11.9 Å². The Morgan fingerprint density at radius 2 is 1.71 bits per heavy atom. The molecule has 2 heterocycles. The van der Waals surface area contributed by atoms with Gasteiger partial charge in [-0.3, -0.25) is 10.1 Å². The molecule has 1 amide bonds. The van der Waals surface area contributed by atoms with Gasteiger partial charge in [0.1, 0.15) is 6.04 Å². The molecule has 0 radical (unpaired) electrons. The van der Waals surface area contributed by atoms with Gasteiger partial charge in [0, 0.05) is 21.8 Å². The van der Waals surface area contributed by atoms with E-state index in [2.05, 4.69) is 26.8 Å². The van der Waals surface area contributed by atoms with Crippen LogP contribution in [-0.4, -0.2) is 20.7 Å². The largest absolute Gasteiger partial charge is 0.324 e. The second-order valence-corrected chi connectivity index (χ2v) is 8.46. The lowest BCUT2D eigenvalue weighted by Gasteiger charge is -2.24. The highest BCUT2D eigenvalue weighted by Crippen LogP contribution is 2.33. The fourth-order valence-corrected chi connectivity index (χ4v) is 3.98. The average Bonchev–Trinajstić information content (AvgIpc) is 3.26. The fourth-order valence-electron chi connectivity index (χ4n) is 3.66. The van der Waals surface area contributed by atoms with Crippen molar-refractivity contribution in [1.82, 2.24) is 14.8 Å². The number of carbonyl (C=O) groups is 1. The van der Waals surface area contributed by atoms with Gasteiger partial charge in [-0.25, -0.2) is 4.68 Å². The van der Waals surface area contributed by atoms with Crippen molar-refractivity contribution in [3.63, 3.8) is 0 Å². The number of nitrogens with zero attached hydrogens (tertiary/aromatic N) is 3. The van der Waals surface area contributed by atoms with Crippen molar-refractivity contribution in [3.8, 4) is 0 Å². The van der Waals surface area contributed by atoms with Gasteiger partial charge >= 0.3 is 0 Å². The van der Waals surface area contributed by atoms with Crippen LogP contribution in [0.25, 0.3) is 11.8 Å². The number of halogens is 2. The monoisotopic (exact) mass is 487 g/mol. The first kappa shape index (κ1) is 21.9. The molecule has 5 rings (SSSR count). The summed E-state index contributed by atoms with van der Waals surface area (Å²) in [5.41, 5.74) is 3.63. The fraction of sp³-hybridized carbons (Fsp3) is 0.0385. The number of fused-ring (bicyclic) bond motifs is 1. The number of carbonyl (C=O) groups excluding carboxylic acids is 1. The summed E-state index contributed by atoms with van der Waals surface area (Å²) in [5.74, 6) is 0.361. The molecule has 0 saturated carbocycles. The quantitative estimate of drug-likeness (QED) is 0.324. The molecule has 34 heavy (non-hydrogen) atoms. The summed E-state index contributed by atoms with van der Waals surface area (Å²) in [7, 11) is 0. The maximum absolute atomic E-state index is 12.5. The maximum atomic E-state index is 12.5. The molecule has 0 bridgehead atoms. The van der Waals surface area contributed by atoms with Gasteiger partial charge in [0.05, 0.1) is 0 Å². The van der Waals surface area contributed by atoms with Gasteiger partial charge in [-0.2, -0.15) is 4.98 Å². The van der Waals surface area contributed by atoms with Crippen molar-refractivity contribution in [3.05, 3.63) is 118 Å². The van der Waals surface area contributed by atoms with Crippen molar-refractivity contribution in [2.45, 2.75) is 6.04 Å². The molecule has 168 valence electrons. The first-order valence-corrected chi connectivity index (χ1v) is 11.3. The SMILES string of the molecule is O=C(/C=C/c1ccccc1Cl)Nc1nc2n(n1)C(c1ccccc1)C=C(c1ccc(Cl)cc1)N2. The first-order chi connectivity index (χ1) is 16.6. The molecule has 0 aliphatic carbocycles. The highest BCUT2D eigenvalue weighted by atomic mass is 35.5. The zero-order valence-corrected chi connectivity index (χ0v) is 19.3. The number of anilines is 2. The number of hydrogen-bond donors (Lipinski definition) is 2. The molecule has 3 aromatic carbocycles. The summed E-state index contributed by atoms with van der Waals surface area (Å²) in [4.78, 5) is 17.0. The average molecular weight is 488 g/mol. The number of aromatic nitrogens is 3. The molecule has 0 fully saturated rings. The molecule has 1 unspecified atom stereocenters. The van der Waals surface area contributed by atoms with E-state index < -0.39 is 0 Å². The Hall–Kier alpha value is -3.87. The maximum Gasteiger partial charge on any atom is 0.250 e. The van der Waals surface area contributed by atoms with E-state index in [0.717, 1.165) is 22.4 Å². The molecule has 6 nitrogen and oxygen atoms in total. The Kier molecular flexibility index (Phi) is 6.16. The number of nitrogens with one attached hydrogen (secondary N) is 2. The van der Waals surface area contributed by atoms with Crippen LogP contribution in [0.15, 0.2) is 91.0 Å². The molecule has 1 aliphatic rings. The zero-order chi connectivity index (χ0) is 23.5. The highest BCUT2D eigenvalue weighted by Gasteiger charge is 2.25. The van der Waals surface area contributed by atoms with Crippen molar-refractivity contribution in [2.24, 2.45) is 0 Å². The Labute approximate surface area is 206 Å². The van der Waals surface area contributed by atoms with Crippen LogP contribution in [0.3, 0.4) is 0 Å². The van der Waals surface area contributed by atoms with Gasteiger partial charge in [0.2, 0.25) is 5.95 Å². The van der Waals surface area contributed by atoms with Crippen LogP contribution in [0, 0.1) is 0 Å². The van der Waals surface area contributed by atoms with Crippen molar-refractivity contribution < 1.29 is 4.79 Å².